The summed E-state index contributed by atoms with van der Waals surface area (Å²) in [7, 11) is 3.11. The van der Waals surface area contributed by atoms with Crippen LogP contribution in [-0.4, -0.2) is 23.1 Å². The van der Waals surface area contributed by atoms with Crippen molar-refractivity contribution in [2.45, 2.75) is 26.2 Å². The van der Waals surface area contributed by atoms with E-state index in [0.29, 0.717) is 22.0 Å². The van der Waals surface area contributed by atoms with Crippen LogP contribution in [0.25, 0.3) is 33.9 Å². The Morgan fingerprint density at radius 3 is 2.30 bits per heavy atom. The van der Waals surface area contributed by atoms with Gasteiger partial charge in [0.1, 0.15) is 0 Å². The number of imidazole rings is 2. The molecule has 2 aromatic carbocycles. The van der Waals surface area contributed by atoms with Gasteiger partial charge in [0.05, 0.1) is 5.69 Å². The van der Waals surface area contributed by atoms with Crippen LogP contribution in [0.2, 0.25) is 5.02 Å². The Balaban J connectivity index is 1.83. The minimum absolute atomic E-state index is 0.356. The van der Waals surface area contributed by atoms with Crippen molar-refractivity contribution in [3.63, 3.8) is 0 Å². The molecule has 168 valence electrons. The van der Waals surface area contributed by atoms with Gasteiger partial charge in [0, 0.05) is 36.6 Å². The quantitative estimate of drug-likeness (QED) is 0.391. The van der Waals surface area contributed by atoms with E-state index < -0.39 is 5.69 Å². The first kappa shape index (κ1) is 21.3. The standard InChI is InChI=1S/C25H24ClN5O2/c1-4-5-6-16-7-13-19(14-8-16)31-20(17-9-11-18(26)12-10-17)15-30-21-22(27-24(30)31)28(2)25(33)29(3)23(21)32/h7-15H,4-6H2,1-3H3. The highest BCUT2D eigenvalue weighted by Gasteiger charge is 2.21. The van der Waals surface area contributed by atoms with E-state index in [9.17, 15) is 9.59 Å². The summed E-state index contributed by atoms with van der Waals surface area (Å²) in [5, 5.41) is 0.649. The maximum Gasteiger partial charge on any atom is 0.332 e. The lowest BCUT2D eigenvalue weighted by molar-refractivity contribution is 0.708. The first-order chi connectivity index (χ1) is 15.9. The molecule has 0 fully saturated rings. The monoisotopic (exact) mass is 461 g/mol. The molecule has 0 bridgehead atoms. The Kier molecular flexibility index (Phi) is 5.21. The highest BCUT2D eigenvalue weighted by atomic mass is 35.5. The Morgan fingerprint density at radius 2 is 1.64 bits per heavy atom. The van der Waals surface area contributed by atoms with Crippen LogP contribution in [0.4, 0.5) is 0 Å². The van der Waals surface area contributed by atoms with Gasteiger partial charge < -0.3 is 0 Å². The molecule has 5 rings (SSSR count). The molecule has 0 atom stereocenters. The first-order valence-corrected chi connectivity index (χ1v) is 11.3. The average molecular weight is 462 g/mol. The van der Waals surface area contributed by atoms with Crippen LogP contribution in [0.3, 0.4) is 0 Å². The van der Waals surface area contributed by atoms with Gasteiger partial charge in [0.25, 0.3) is 5.56 Å². The summed E-state index contributed by atoms with van der Waals surface area (Å²) in [4.78, 5) is 30.2. The zero-order chi connectivity index (χ0) is 23.3. The van der Waals surface area contributed by atoms with Gasteiger partial charge in [-0.15, -0.1) is 0 Å². The highest BCUT2D eigenvalue weighted by molar-refractivity contribution is 6.30. The average Bonchev–Trinajstić information content (AvgIpc) is 3.37. The Hall–Kier alpha value is -3.58. The summed E-state index contributed by atoms with van der Waals surface area (Å²) in [5.41, 5.74) is 3.95. The third kappa shape index (κ3) is 3.40. The van der Waals surface area contributed by atoms with Crippen LogP contribution in [-0.2, 0) is 20.5 Å². The number of rotatable bonds is 5. The molecule has 3 heterocycles. The largest absolute Gasteiger partial charge is 0.332 e. The third-order valence-electron chi connectivity index (χ3n) is 6.12. The molecule has 0 aliphatic heterocycles. The van der Waals surface area contributed by atoms with Crippen LogP contribution in [0.15, 0.2) is 64.3 Å². The summed E-state index contributed by atoms with van der Waals surface area (Å²) in [6.07, 6.45) is 5.22. The number of hydrogen-bond acceptors (Lipinski definition) is 3. The molecule has 0 radical (unpaired) electrons. The topological polar surface area (TPSA) is 66.2 Å². The lowest BCUT2D eigenvalue weighted by atomic mass is 10.1. The predicted molar refractivity (Wildman–Crippen MR) is 132 cm³/mol. The molecular formula is C25H24ClN5O2. The van der Waals surface area contributed by atoms with Crippen LogP contribution in [0.1, 0.15) is 25.3 Å². The fourth-order valence-corrected chi connectivity index (χ4v) is 4.37. The van der Waals surface area contributed by atoms with Crippen LogP contribution < -0.4 is 11.2 Å². The number of benzene rings is 2. The molecule has 0 aliphatic carbocycles. The number of nitrogens with zero attached hydrogens (tertiary/aromatic N) is 5. The van der Waals surface area contributed by atoms with E-state index in [4.69, 9.17) is 16.6 Å². The molecule has 0 spiro atoms. The molecule has 0 amide bonds. The number of unbranched alkanes of at least 4 members (excludes halogenated alkanes) is 1. The molecule has 0 saturated carbocycles. The number of hydrogen-bond donors (Lipinski definition) is 0. The Bertz CT molecular complexity index is 1600. The van der Waals surface area contributed by atoms with Gasteiger partial charge in [-0.3, -0.25) is 22.9 Å². The number of aryl methyl sites for hydroxylation is 2. The number of halogens is 1. The van der Waals surface area contributed by atoms with E-state index in [1.54, 1.807) is 11.4 Å². The van der Waals surface area contributed by atoms with E-state index in [1.165, 1.54) is 17.2 Å². The molecule has 0 unspecified atom stereocenters. The molecule has 0 saturated heterocycles. The van der Waals surface area contributed by atoms with E-state index in [0.717, 1.165) is 40.8 Å². The molecule has 7 nitrogen and oxygen atoms in total. The summed E-state index contributed by atoms with van der Waals surface area (Å²) >= 11 is 6.12. The molecule has 8 heteroatoms. The van der Waals surface area contributed by atoms with Gasteiger partial charge in [0.15, 0.2) is 11.2 Å². The summed E-state index contributed by atoms with van der Waals surface area (Å²) < 4.78 is 6.30. The molecular weight excluding hydrogens is 438 g/mol. The maximum absolute atomic E-state index is 13.0. The fourth-order valence-electron chi connectivity index (χ4n) is 4.24. The maximum atomic E-state index is 13.0. The lowest BCUT2D eigenvalue weighted by Gasteiger charge is -2.10. The Morgan fingerprint density at radius 1 is 0.939 bits per heavy atom. The van der Waals surface area contributed by atoms with E-state index in [-0.39, 0.29) is 5.56 Å². The van der Waals surface area contributed by atoms with Crippen molar-refractivity contribution in [2.24, 2.45) is 14.1 Å². The third-order valence-corrected chi connectivity index (χ3v) is 6.37. The lowest BCUT2D eigenvalue weighted by Crippen LogP contribution is -2.37. The van der Waals surface area contributed by atoms with Crippen molar-refractivity contribution in [1.82, 2.24) is 23.1 Å². The van der Waals surface area contributed by atoms with Gasteiger partial charge in [-0.25, -0.2) is 4.79 Å². The van der Waals surface area contributed by atoms with Crippen molar-refractivity contribution in [3.8, 4) is 16.9 Å². The predicted octanol–water partition coefficient (Wildman–Crippen LogP) is 4.34. The fraction of sp³-hybridized carbons (Fsp3) is 0.240. The SMILES string of the molecule is CCCCc1ccc(-n2c(-c3ccc(Cl)cc3)cn3c4c(=O)n(C)c(=O)n(C)c4nc23)cc1. The van der Waals surface area contributed by atoms with Gasteiger partial charge >= 0.3 is 5.69 Å². The molecule has 3 aromatic heterocycles. The van der Waals surface area contributed by atoms with Crippen LogP contribution >= 0.6 is 11.6 Å². The van der Waals surface area contributed by atoms with Crippen molar-refractivity contribution in [3.05, 3.63) is 86.2 Å². The summed E-state index contributed by atoms with van der Waals surface area (Å²) in [6, 6.07) is 16.0. The van der Waals surface area contributed by atoms with E-state index in [1.807, 2.05) is 35.0 Å². The van der Waals surface area contributed by atoms with Crippen molar-refractivity contribution in [2.75, 3.05) is 0 Å². The van der Waals surface area contributed by atoms with Crippen LogP contribution in [0.5, 0.6) is 0 Å². The van der Waals surface area contributed by atoms with Gasteiger partial charge in [-0.1, -0.05) is 49.2 Å². The zero-order valence-corrected chi connectivity index (χ0v) is 19.5. The summed E-state index contributed by atoms with van der Waals surface area (Å²) in [5.74, 6) is 0.564. The second-order valence-electron chi connectivity index (χ2n) is 8.29. The second kappa shape index (κ2) is 8.08. The van der Waals surface area contributed by atoms with Gasteiger partial charge in [-0.05, 0) is 42.7 Å². The Labute approximate surface area is 195 Å². The molecule has 33 heavy (non-hydrogen) atoms. The first-order valence-electron chi connectivity index (χ1n) is 11.0. The smallest absolute Gasteiger partial charge is 0.279 e. The minimum atomic E-state index is -0.405. The van der Waals surface area contributed by atoms with Crippen molar-refractivity contribution in [1.29, 1.82) is 0 Å². The molecule has 0 N–H and O–H groups in total. The van der Waals surface area contributed by atoms with E-state index in [2.05, 4.69) is 31.2 Å². The molecule has 0 aliphatic rings. The number of fused-ring (bicyclic) bond motifs is 3. The van der Waals surface area contributed by atoms with Crippen molar-refractivity contribution < 1.29 is 0 Å². The number of aromatic nitrogens is 5. The summed E-state index contributed by atoms with van der Waals surface area (Å²) in [6.45, 7) is 2.18. The highest BCUT2D eigenvalue weighted by Crippen LogP contribution is 2.30. The normalized spacial score (nSPS) is 11.6. The van der Waals surface area contributed by atoms with Gasteiger partial charge in [0.2, 0.25) is 5.78 Å². The van der Waals surface area contributed by atoms with E-state index >= 15 is 0 Å². The second-order valence-corrected chi connectivity index (χ2v) is 8.72. The minimum Gasteiger partial charge on any atom is -0.279 e. The zero-order valence-electron chi connectivity index (χ0n) is 18.7. The molecule has 5 aromatic rings. The van der Waals surface area contributed by atoms with Crippen LogP contribution in [0, 0.1) is 0 Å². The van der Waals surface area contributed by atoms with Crippen molar-refractivity contribution >= 4 is 28.5 Å². The van der Waals surface area contributed by atoms with Gasteiger partial charge in [-0.2, -0.15) is 4.98 Å².